The molecule has 0 aliphatic carbocycles. The molecule has 40 heavy (non-hydrogen) atoms. The zero-order valence-electron chi connectivity index (χ0n) is 27.3. The van der Waals surface area contributed by atoms with Gasteiger partial charge in [0.15, 0.2) is 0 Å². The van der Waals surface area contributed by atoms with Crippen LogP contribution in [0.4, 0.5) is 4.79 Å². The molecule has 0 heterocycles. The van der Waals surface area contributed by atoms with Gasteiger partial charge in [0.1, 0.15) is 6.10 Å². The van der Waals surface area contributed by atoms with E-state index in [0.717, 1.165) is 18.6 Å². The molecule has 3 atom stereocenters. The molecule has 0 aromatic heterocycles. The molecule has 0 rings (SSSR count). The van der Waals surface area contributed by atoms with Gasteiger partial charge in [-0.1, -0.05) is 138 Å². The molecule has 0 fully saturated rings. The minimum absolute atomic E-state index is 0.119. The van der Waals surface area contributed by atoms with Gasteiger partial charge in [-0.3, -0.25) is 4.89 Å². The molecule has 0 saturated carbocycles. The Balaban J connectivity index is 4.72. The number of carbonyl (C=O) groups excluding carboxylic acids is 1. The third kappa shape index (κ3) is 22.5. The van der Waals surface area contributed by atoms with Crippen LogP contribution in [-0.2, 0) is 23.4 Å². The highest BCUT2D eigenvalue weighted by molar-refractivity contribution is 7.99. The Kier molecular flexibility index (Phi) is 25.4. The molecule has 0 spiro atoms. The third-order valence-electron chi connectivity index (χ3n) is 6.82. The molecule has 6 nitrogen and oxygen atoms in total. The highest BCUT2D eigenvalue weighted by Crippen LogP contribution is 2.51. The van der Waals surface area contributed by atoms with Gasteiger partial charge < -0.3 is 9.05 Å². The van der Waals surface area contributed by atoms with Gasteiger partial charge >= 0.3 is 13.3 Å². The van der Waals surface area contributed by atoms with Crippen molar-refractivity contribution in [2.45, 2.75) is 175 Å². The van der Waals surface area contributed by atoms with Gasteiger partial charge in [0.25, 0.3) is 0 Å². The summed E-state index contributed by atoms with van der Waals surface area (Å²) in [7, 11) is -4.09. The van der Waals surface area contributed by atoms with Crippen molar-refractivity contribution in [3.05, 3.63) is 0 Å². The SMILES string of the molecule is CCCCCCCCCCCCSC(CCCCCCCC)C(C)OOC(=O)P(=O)(OCCC)OCC(C)(C)C. The minimum atomic E-state index is -4.09. The van der Waals surface area contributed by atoms with E-state index in [1.807, 2.05) is 46.4 Å². The molecule has 0 aromatic rings. The predicted octanol–water partition coefficient (Wildman–Crippen LogP) is 11.9. The average molecular weight is 609 g/mol. The fourth-order valence-electron chi connectivity index (χ4n) is 4.26. The van der Waals surface area contributed by atoms with Gasteiger partial charge in [-0.2, -0.15) is 16.6 Å². The van der Waals surface area contributed by atoms with Crippen LogP contribution in [0.5, 0.6) is 0 Å². The van der Waals surface area contributed by atoms with Crippen LogP contribution < -0.4 is 0 Å². The number of thioether (sulfide) groups is 1. The second kappa shape index (κ2) is 25.4. The topological polar surface area (TPSA) is 71.1 Å². The molecule has 0 aromatic carbocycles. The second-order valence-corrected chi connectivity index (χ2v) is 15.7. The highest BCUT2D eigenvalue weighted by atomic mass is 32.2. The first-order valence-corrected chi connectivity index (χ1v) is 19.1. The second-order valence-electron chi connectivity index (χ2n) is 12.5. The highest BCUT2D eigenvalue weighted by Gasteiger charge is 2.40. The van der Waals surface area contributed by atoms with Crippen molar-refractivity contribution in [2.24, 2.45) is 5.41 Å². The number of rotatable bonds is 28. The van der Waals surface area contributed by atoms with Gasteiger partial charge in [-0.25, -0.2) is 9.36 Å². The molecule has 0 bridgehead atoms. The van der Waals surface area contributed by atoms with E-state index in [-0.39, 0.29) is 30.0 Å². The summed E-state index contributed by atoms with van der Waals surface area (Å²) in [5, 5.41) is 0.212. The van der Waals surface area contributed by atoms with E-state index >= 15 is 0 Å². The lowest BCUT2D eigenvalue weighted by atomic mass is 9.99. The maximum Gasteiger partial charge on any atom is 0.452 e. The number of hydrogen-bond acceptors (Lipinski definition) is 7. The summed E-state index contributed by atoms with van der Waals surface area (Å²) in [6.07, 6.45) is 22.0. The van der Waals surface area contributed by atoms with Crippen LogP contribution in [0, 0.1) is 5.41 Å². The van der Waals surface area contributed by atoms with Crippen molar-refractivity contribution in [1.29, 1.82) is 0 Å². The number of hydrogen-bond donors (Lipinski definition) is 0. The molecule has 0 aliphatic heterocycles. The normalized spacial score (nSPS) is 15.1. The van der Waals surface area contributed by atoms with E-state index < -0.39 is 13.3 Å². The molecule has 8 heteroatoms. The predicted molar refractivity (Wildman–Crippen MR) is 172 cm³/mol. The first kappa shape index (κ1) is 39.9. The van der Waals surface area contributed by atoms with Crippen molar-refractivity contribution < 1.29 is 28.2 Å². The maximum absolute atomic E-state index is 13.2. The van der Waals surface area contributed by atoms with E-state index in [9.17, 15) is 9.36 Å². The lowest BCUT2D eigenvalue weighted by Crippen LogP contribution is -2.26. The fraction of sp³-hybridized carbons (Fsp3) is 0.969. The Hall–Kier alpha value is -0.0700. The molecule has 0 N–H and O–H groups in total. The van der Waals surface area contributed by atoms with Crippen LogP contribution in [0.15, 0.2) is 0 Å². The van der Waals surface area contributed by atoms with Gasteiger partial charge in [-0.05, 0) is 37.4 Å². The van der Waals surface area contributed by atoms with Crippen LogP contribution in [0.3, 0.4) is 0 Å². The molecular weight excluding hydrogens is 543 g/mol. The summed E-state index contributed by atoms with van der Waals surface area (Å²) >= 11 is 1.91. The summed E-state index contributed by atoms with van der Waals surface area (Å²) in [5.74, 6) is 1.07. The lowest BCUT2D eigenvalue weighted by molar-refractivity contribution is -0.262. The van der Waals surface area contributed by atoms with Crippen molar-refractivity contribution in [1.82, 2.24) is 0 Å². The van der Waals surface area contributed by atoms with Gasteiger partial charge in [0, 0.05) is 5.25 Å². The van der Waals surface area contributed by atoms with E-state index in [0.29, 0.717) is 6.42 Å². The Morgan fingerprint density at radius 3 is 1.73 bits per heavy atom. The molecule has 240 valence electrons. The standard InChI is InChI=1S/C32H65O6PS/c1-8-11-13-15-17-18-19-20-22-24-27-40-30(25-23-21-16-14-12-9-2)29(4)37-38-31(33)39(34,35-26-10-3)36-28-32(5,6)7/h29-30H,8-28H2,1-7H3. The van der Waals surface area contributed by atoms with Crippen LogP contribution in [-0.4, -0.2) is 36.0 Å². The first-order chi connectivity index (χ1) is 19.1. The maximum atomic E-state index is 13.2. The van der Waals surface area contributed by atoms with E-state index in [1.165, 1.54) is 96.3 Å². The smallest absolute Gasteiger partial charge is 0.301 e. The number of carbonyl (C=O) groups is 1. The summed E-state index contributed by atoms with van der Waals surface area (Å²) in [5.41, 5.74) is -1.33. The molecule has 0 radical (unpaired) electrons. The Bertz CT molecular complexity index is 639. The summed E-state index contributed by atoms with van der Waals surface area (Å²) in [4.78, 5) is 23.4. The molecule has 0 saturated heterocycles. The molecular formula is C32H65O6PS. The molecule has 3 unspecified atom stereocenters. The fourth-order valence-corrected chi connectivity index (χ4v) is 6.98. The Morgan fingerprint density at radius 1 is 0.725 bits per heavy atom. The van der Waals surface area contributed by atoms with Gasteiger partial charge in [0.2, 0.25) is 0 Å². The molecule has 0 amide bonds. The zero-order chi connectivity index (χ0) is 30.1. The third-order valence-corrected chi connectivity index (χ3v) is 9.91. The first-order valence-electron chi connectivity index (χ1n) is 16.5. The van der Waals surface area contributed by atoms with E-state index in [2.05, 4.69) is 13.8 Å². The average Bonchev–Trinajstić information content (AvgIpc) is 2.92. The Labute approximate surface area is 252 Å². The zero-order valence-corrected chi connectivity index (χ0v) is 29.0. The Morgan fingerprint density at radius 2 is 1.23 bits per heavy atom. The largest absolute Gasteiger partial charge is 0.452 e. The van der Waals surface area contributed by atoms with Crippen LogP contribution in [0.2, 0.25) is 0 Å². The summed E-state index contributed by atoms with van der Waals surface area (Å²) in [6.45, 7) is 14.4. The monoisotopic (exact) mass is 608 g/mol. The van der Waals surface area contributed by atoms with Crippen LogP contribution in [0.25, 0.3) is 0 Å². The van der Waals surface area contributed by atoms with Crippen LogP contribution >= 0.6 is 19.4 Å². The van der Waals surface area contributed by atoms with Crippen molar-refractivity contribution in [3.63, 3.8) is 0 Å². The number of unbranched alkanes of at least 4 members (excludes halogenated alkanes) is 14. The summed E-state index contributed by atoms with van der Waals surface area (Å²) < 4.78 is 24.0. The summed E-state index contributed by atoms with van der Waals surface area (Å²) in [6, 6.07) is 0. The lowest BCUT2D eigenvalue weighted by Gasteiger charge is -2.24. The van der Waals surface area contributed by atoms with Crippen molar-refractivity contribution in [2.75, 3.05) is 19.0 Å². The van der Waals surface area contributed by atoms with Crippen molar-refractivity contribution in [3.8, 4) is 0 Å². The molecule has 0 aliphatic rings. The van der Waals surface area contributed by atoms with E-state index in [1.54, 1.807) is 0 Å². The van der Waals surface area contributed by atoms with Gasteiger partial charge in [-0.15, -0.1) is 0 Å². The minimum Gasteiger partial charge on any atom is -0.301 e. The quantitative estimate of drug-likeness (QED) is 0.0378. The van der Waals surface area contributed by atoms with E-state index in [4.69, 9.17) is 18.8 Å². The van der Waals surface area contributed by atoms with Gasteiger partial charge in [0.05, 0.1) is 13.2 Å². The van der Waals surface area contributed by atoms with Crippen LogP contribution in [0.1, 0.15) is 164 Å². The van der Waals surface area contributed by atoms with Crippen molar-refractivity contribution >= 4 is 25.1 Å².